The fourth-order valence-electron chi connectivity index (χ4n) is 1.31. The molecule has 1 rings (SSSR count). The van der Waals surface area contributed by atoms with Gasteiger partial charge in [0.1, 0.15) is 5.75 Å². The molecule has 87 valence electrons. The van der Waals surface area contributed by atoms with Crippen LogP contribution in [0.25, 0.3) is 0 Å². The SMILES string of the molecule is COC(=O)CCCCCOc1cc[c]cc1. The Balaban J connectivity index is 1.98. The number of carbonyl (C=O) groups excluding carboxylic acids is 1. The molecule has 0 saturated carbocycles. The van der Waals surface area contributed by atoms with Gasteiger partial charge in [-0.05, 0) is 37.5 Å². The zero-order valence-electron chi connectivity index (χ0n) is 9.57. The molecule has 0 amide bonds. The Morgan fingerprint density at radius 1 is 1.25 bits per heavy atom. The first-order chi connectivity index (χ1) is 7.83. The highest BCUT2D eigenvalue weighted by Gasteiger charge is 1.99. The average molecular weight is 221 g/mol. The summed E-state index contributed by atoms with van der Waals surface area (Å²) in [6, 6.07) is 10.3. The minimum absolute atomic E-state index is 0.139. The summed E-state index contributed by atoms with van der Waals surface area (Å²) in [7, 11) is 1.41. The molecule has 1 radical (unpaired) electrons. The normalized spacial score (nSPS) is 9.81. The molecule has 16 heavy (non-hydrogen) atoms. The van der Waals surface area contributed by atoms with Gasteiger partial charge in [-0.15, -0.1) is 0 Å². The van der Waals surface area contributed by atoms with E-state index in [-0.39, 0.29) is 5.97 Å². The molecule has 3 heteroatoms. The Hall–Kier alpha value is -1.51. The van der Waals surface area contributed by atoms with Crippen LogP contribution in [0.4, 0.5) is 0 Å². The van der Waals surface area contributed by atoms with Gasteiger partial charge in [-0.25, -0.2) is 0 Å². The lowest BCUT2D eigenvalue weighted by molar-refractivity contribution is -0.140. The van der Waals surface area contributed by atoms with Gasteiger partial charge < -0.3 is 9.47 Å². The van der Waals surface area contributed by atoms with Crippen molar-refractivity contribution in [2.24, 2.45) is 0 Å². The summed E-state index contributed by atoms with van der Waals surface area (Å²) >= 11 is 0. The summed E-state index contributed by atoms with van der Waals surface area (Å²) in [5.74, 6) is 0.728. The van der Waals surface area contributed by atoms with Gasteiger partial charge in [-0.2, -0.15) is 0 Å². The summed E-state index contributed by atoms with van der Waals surface area (Å²) in [5, 5.41) is 0. The number of hydrogen-bond donors (Lipinski definition) is 0. The van der Waals surface area contributed by atoms with E-state index >= 15 is 0 Å². The van der Waals surface area contributed by atoms with Crippen LogP contribution in [0.3, 0.4) is 0 Å². The van der Waals surface area contributed by atoms with Crippen molar-refractivity contribution >= 4 is 5.97 Å². The third kappa shape index (κ3) is 5.39. The van der Waals surface area contributed by atoms with Crippen LogP contribution < -0.4 is 4.74 Å². The first-order valence-electron chi connectivity index (χ1n) is 5.48. The molecule has 0 aliphatic heterocycles. The van der Waals surface area contributed by atoms with E-state index in [9.17, 15) is 4.79 Å². The molecule has 0 aromatic heterocycles. The Morgan fingerprint density at radius 3 is 2.69 bits per heavy atom. The molecule has 0 aliphatic carbocycles. The quantitative estimate of drug-likeness (QED) is 0.524. The fourth-order valence-corrected chi connectivity index (χ4v) is 1.31. The lowest BCUT2D eigenvalue weighted by atomic mass is 10.2. The van der Waals surface area contributed by atoms with Gasteiger partial charge in [0.05, 0.1) is 13.7 Å². The third-order valence-corrected chi connectivity index (χ3v) is 2.21. The number of methoxy groups -OCH3 is 1. The Bertz CT molecular complexity index is 295. The molecule has 0 spiro atoms. The number of carbonyl (C=O) groups is 1. The maximum Gasteiger partial charge on any atom is 0.305 e. The highest BCUT2D eigenvalue weighted by molar-refractivity contribution is 5.68. The van der Waals surface area contributed by atoms with Gasteiger partial charge >= 0.3 is 5.97 Å². The summed E-state index contributed by atoms with van der Waals surface area (Å²) in [6.45, 7) is 0.686. The monoisotopic (exact) mass is 221 g/mol. The standard InChI is InChI=1S/C13H17O3/c1-15-13(14)10-6-3-7-11-16-12-8-4-2-5-9-12/h4-5,8-9H,3,6-7,10-11H2,1H3. The van der Waals surface area contributed by atoms with Crippen molar-refractivity contribution in [3.05, 3.63) is 30.3 Å². The van der Waals surface area contributed by atoms with E-state index in [1.54, 1.807) is 0 Å². The molecular weight excluding hydrogens is 204 g/mol. The van der Waals surface area contributed by atoms with Gasteiger partial charge in [-0.1, -0.05) is 12.1 Å². The van der Waals surface area contributed by atoms with Crippen LogP contribution in [0.2, 0.25) is 0 Å². The van der Waals surface area contributed by atoms with Crippen molar-refractivity contribution in [1.82, 2.24) is 0 Å². The molecule has 3 nitrogen and oxygen atoms in total. The van der Waals surface area contributed by atoms with Crippen molar-refractivity contribution in [1.29, 1.82) is 0 Å². The molecule has 0 aliphatic rings. The highest BCUT2D eigenvalue weighted by atomic mass is 16.5. The first kappa shape index (κ1) is 12.6. The minimum atomic E-state index is -0.139. The van der Waals surface area contributed by atoms with Gasteiger partial charge in [-0.3, -0.25) is 4.79 Å². The molecule has 0 unspecified atom stereocenters. The Morgan fingerprint density at radius 2 is 2.00 bits per heavy atom. The first-order valence-corrected chi connectivity index (χ1v) is 5.48. The van der Waals surface area contributed by atoms with Crippen molar-refractivity contribution < 1.29 is 14.3 Å². The molecule has 0 heterocycles. The number of esters is 1. The van der Waals surface area contributed by atoms with E-state index in [1.165, 1.54) is 7.11 Å². The van der Waals surface area contributed by atoms with Crippen LogP contribution in [-0.4, -0.2) is 19.7 Å². The minimum Gasteiger partial charge on any atom is -0.494 e. The maximum atomic E-state index is 10.8. The zero-order chi connectivity index (χ0) is 11.6. The number of rotatable bonds is 7. The van der Waals surface area contributed by atoms with Crippen LogP contribution in [0.1, 0.15) is 25.7 Å². The number of hydrogen-bond acceptors (Lipinski definition) is 3. The zero-order valence-corrected chi connectivity index (χ0v) is 9.57. The number of ether oxygens (including phenoxy) is 2. The summed E-state index contributed by atoms with van der Waals surface area (Å²) in [4.78, 5) is 10.8. The maximum absolute atomic E-state index is 10.8. The van der Waals surface area contributed by atoms with Gasteiger partial charge in [0.25, 0.3) is 0 Å². The predicted molar refractivity (Wildman–Crippen MR) is 61.3 cm³/mol. The molecule has 0 bridgehead atoms. The Labute approximate surface area is 96.4 Å². The summed E-state index contributed by atoms with van der Waals surface area (Å²) in [6.07, 6.45) is 3.29. The molecular formula is C13H17O3. The smallest absolute Gasteiger partial charge is 0.305 e. The molecule has 0 atom stereocenters. The molecule has 1 aromatic carbocycles. The van der Waals surface area contributed by atoms with Crippen LogP contribution in [0, 0.1) is 6.07 Å². The summed E-state index contributed by atoms with van der Waals surface area (Å²) < 4.78 is 10.1. The fraction of sp³-hybridized carbons (Fsp3) is 0.462. The Kier molecular flexibility index (Phi) is 6.07. The average Bonchev–Trinajstić information content (AvgIpc) is 2.34. The topological polar surface area (TPSA) is 35.5 Å². The van der Waals surface area contributed by atoms with E-state index in [2.05, 4.69) is 10.8 Å². The van der Waals surface area contributed by atoms with Crippen LogP contribution >= 0.6 is 0 Å². The second-order valence-electron chi connectivity index (χ2n) is 3.47. The van der Waals surface area contributed by atoms with Crippen LogP contribution in [-0.2, 0) is 9.53 Å². The number of unbranched alkanes of at least 4 members (excludes halogenated alkanes) is 2. The van der Waals surface area contributed by atoms with E-state index in [4.69, 9.17) is 4.74 Å². The largest absolute Gasteiger partial charge is 0.494 e. The molecule has 1 aromatic rings. The third-order valence-electron chi connectivity index (χ3n) is 2.21. The van der Waals surface area contributed by atoms with Gasteiger partial charge in [0.2, 0.25) is 0 Å². The second kappa shape index (κ2) is 7.74. The van der Waals surface area contributed by atoms with Crippen LogP contribution in [0.5, 0.6) is 5.75 Å². The van der Waals surface area contributed by atoms with Crippen molar-refractivity contribution in [3.63, 3.8) is 0 Å². The van der Waals surface area contributed by atoms with E-state index in [0.717, 1.165) is 25.0 Å². The predicted octanol–water partition coefficient (Wildman–Crippen LogP) is 2.60. The van der Waals surface area contributed by atoms with E-state index in [0.29, 0.717) is 13.0 Å². The van der Waals surface area contributed by atoms with Gasteiger partial charge in [0.15, 0.2) is 0 Å². The van der Waals surface area contributed by atoms with E-state index in [1.807, 2.05) is 24.3 Å². The second-order valence-corrected chi connectivity index (χ2v) is 3.47. The van der Waals surface area contributed by atoms with Crippen molar-refractivity contribution in [3.8, 4) is 5.75 Å². The number of benzene rings is 1. The van der Waals surface area contributed by atoms with E-state index < -0.39 is 0 Å². The van der Waals surface area contributed by atoms with Crippen LogP contribution in [0.15, 0.2) is 24.3 Å². The highest BCUT2D eigenvalue weighted by Crippen LogP contribution is 2.09. The van der Waals surface area contributed by atoms with Crippen molar-refractivity contribution in [2.45, 2.75) is 25.7 Å². The summed E-state index contributed by atoms with van der Waals surface area (Å²) in [5.41, 5.74) is 0. The molecule has 0 fully saturated rings. The molecule has 0 N–H and O–H groups in total. The lowest BCUT2D eigenvalue weighted by Crippen LogP contribution is -2.01. The van der Waals surface area contributed by atoms with Gasteiger partial charge in [0, 0.05) is 6.42 Å². The lowest BCUT2D eigenvalue weighted by Gasteiger charge is -2.05. The van der Waals surface area contributed by atoms with Crippen molar-refractivity contribution in [2.75, 3.05) is 13.7 Å². The molecule has 0 saturated heterocycles.